The van der Waals surface area contributed by atoms with Crippen LogP contribution in [0.15, 0.2) is 73.1 Å². The van der Waals surface area contributed by atoms with Crippen molar-refractivity contribution in [2.75, 3.05) is 13.2 Å². The summed E-state index contributed by atoms with van der Waals surface area (Å²) < 4.78 is 45.0. The van der Waals surface area contributed by atoms with Crippen LogP contribution in [0.2, 0.25) is 0 Å². The number of aliphatic carboxylic acids is 1. The third kappa shape index (κ3) is 10.9. The van der Waals surface area contributed by atoms with E-state index in [4.69, 9.17) is 4.74 Å². The standard InChI is InChI=1S/C35H39F3N4O4S/c1-3-4-5-6-7-18-46-29-14-12-25(13-15-29)27-20-40-32(41-21-27)26-10-8-24(9-11-26)19-28(22-39-23(2)34(44)45)42-33(43)30-16-17-31(47-30)35(36,37)38/h8-17,20-21,23,28,39H,3-7,18-19,22H2,1-2H3,(H,42,43)(H,44,45)/t23-,28+/m1/s1. The molecule has 12 heteroatoms. The number of carboxylic acids is 1. The van der Waals surface area contributed by atoms with E-state index in [-0.39, 0.29) is 11.4 Å². The Bertz CT molecular complexity index is 1580. The SMILES string of the molecule is CCCCCCCOc1ccc(-c2cnc(-c3ccc(C[C@@H](CN[C@H](C)C(=O)O)NC(=O)c4ccc(C(F)(F)F)s4)cc3)nc2)cc1. The Hall–Kier alpha value is -4.29. The molecule has 0 spiro atoms. The number of hydrogen-bond donors (Lipinski definition) is 3. The van der Waals surface area contributed by atoms with Crippen LogP contribution in [0.5, 0.6) is 5.75 Å². The molecule has 0 unspecified atom stereocenters. The molecule has 0 aliphatic carbocycles. The molecule has 0 saturated carbocycles. The van der Waals surface area contributed by atoms with E-state index in [1.807, 2.05) is 48.5 Å². The van der Waals surface area contributed by atoms with E-state index in [0.29, 0.717) is 30.2 Å². The summed E-state index contributed by atoms with van der Waals surface area (Å²) in [7, 11) is 0. The minimum Gasteiger partial charge on any atom is -0.494 e. The van der Waals surface area contributed by atoms with E-state index in [9.17, 15) is 27.9 Å². The minimum atomic E-state index is -4.54. The molecule has 1 amide bonds. The van der Waals surface area contributed by atoms with E-state index in [1.165, 1.54) is 32.6 Å². The summed E-state index contributed by atoms with van der Waals surface area (Å²) in [5, 5.41) is 14.8. The maximum absolute atomic E-state index is 13.0. The van der Waals surface area contributed by atoms with Gasteiger partial charge in [0.25, 0.3) is 5.91 Å². The van der Waals surface area contributed by atoms with Crippen LogP contribution < -0.4 is 15.4 Å². The zero-order chi connectivity index (χ0) is 33.8. The van der Waals surface area contributed by atoms with Gasteiger partial charge >= 0.3 is 12.1 Å². The molecule has 250 valence electrons. The van der Waals surface area contributed by atoms with Crippen LogP contribution in [0.3, 0.4) is 0 Å². The van der Waals surface area contributed by atoms with Crippen molar-refractivity contribution in [1.82, 2.24) is 20.6 Å². The van der Waals surface area contributed by atoms with Gasteiger partial charge < -0.3 is 20.5 Å². The van der Waals surface area contributed by atoms with Crippen LogP contribution in [0.4, 0.5) is 13.2 Å². The Kier molecular flexibility index (Phi) is 12.9. The molecule has 0 fully saturated rings. The molecular weight excluding hydrogens is 629 g/mol. The first kappa shape index (κ1) is 35.6. The number of halogens is 3. The Morgan fingerprint density at radius 1 is 0.894 bits per heavy atom. The Labute approximate surface area is 276 Å². The van der Waals surface area contributed by atoms with Gasteiger partial charge in [-0.05, 0) is 55.2 Å². The van der Waals surface area contributed by atoms with Crippen LogP contribution in [0, 0.1) is 0 Å². The minimum absolute atomic E-state index is 0.0815. The molecule has 0 saturated heterocycles. The zero-order valence-electron chi connectivity index (χ0n) is 26.3. The van der Waals surface area contributed by atoms with E-state index in [0.717, 1.165) is 46.6 Å². The average Bonchev–Trinajstić information content (AvgIpc) is 3.58. The topological polar surface area (TPSA) is 113 Å². The first-order chi connectivity index (χ1) is 22.5. The van der Waals surface area contributed by atoms with Gasteiger partial charge in [0.15, 0.2) is 5.82 Å². The highest BCUT2D eigenvalue weighted by atomic mass is 32.1. The fourth-order valence-corrected chi connectivity index (χ4v) is 5.57. The number of aromatic nitrogens is 2. The molecule has 8 nitrogen and oxygen atoms in total. The fourth-order valence-electron chi connectivity index (χ4n) is 4.79. The average molecular weight is 669 g/mol. The van der Waals surface area contributed by atoms with Gasteiger partial charge in [-0.25, -0.2) is 9.97 Å². The summed E-state index contributed by atoms with van der Waals surface area (Å²) in [5.41, 5.74) is 3.44. The van der Waals surface area contributed by atoms with E-state index in [2.05, 4.69) is 27.5 Å². The summed E-state index contributed by atoms with van der Waals surface area (Å²) in [6, 6.07) is 15.8. The predicted octanol–water partition coefficient (Wildman–Crippen LogP) is 7.64. The molecule has 0 bridgehead atoms. The lowest BCUT2D eigenvalue weighted by Crippen LogP contribution is -2.47. The molecule has 0 aliphatic rings. The maximum Gasteiger partial charge on any atom is 0.425 e. The van der Waals surface area contributed by atoms with Crippen LogP contribution in [-0.4, -0.2) is 52.2 Å². The van der Waals surface area contributed by atoms with E-state index >= 15 is 0 Å². The number of hydrogen-bond acceptors (Lipinski definition) is 7. The molecule has 4 aromatic rings. The number of ether oxygens (including phenoxy) is 1. The highest BCUT2D eigenvalue weighted by Crippen LogP contribution is 2.34. The summed E-state index contributed by atoms with van der Waals surface area (Å²) in [6.45, 7) is 4.47. The molecule has 2 aromatic heterocycles. The molecule has 2 aromatic carbocycles. The van der Waals surface area contributed by atoms with Gasteiger partial charge in [0.2, 0.25) is 0 Å². The molecule has 4 rings (SSSR count). The Balaban J connectivity index is 1.36. The number of alkyl halides is 3. The summed E-state index contributed by atoms with van der Waals surface area (Å²) in [4.78, 5) is 32.2. The number of nitrogens with zero attached hydrogens (tertiary/aromatic N) is 2. The number of carbonyl (C=O) groups excluding carboxylic acids is 1. The van der Waals surface area contributed by atoms with E-state index < -0.39 is 35.0 Å². The number of amides is 1. The number of nitrogens with one attached hydrogen (secondary N) is 2. The van der Waals surface area contributed by atoms with Crippen LogP contribution in [0.25, 0.3) is 22.5 Å². The van der Waals surface area contributed by atoms with Gasteiger partial charge in [-0.3, -0.25) is 9.59 Å². The lowest BCUT2D eigenvalue weighted by Gasteiger charge is -2.21. The second-order valence-electron chi connectivity index (χ2n) is 11.3. The van der Waals surface area contributed by atoms with Crippen molar-refractivity contribution in [2.45, 2.75) is 70.6 Å². The van der Waals surface area contributed by atoms with Crippen molar-refractivity contribution in [3.63, 3.8) is 0 Å². The normalized spacial score (nSPS) is 12.8. The molecule has 2 atom stereocenters. The fraction of sp³-hybridized carbons (Fsp3) is 0.371. The molecule has 47 heavy (non-hydrogen) atoms. The third-order valence-electron chi connectivity index (χ3n) is 7.54. The number of benzene rings is 2. The van der Waals surface area contributed by atoms with Gasteiger partial charge in [-0.15, -0.1) is 11.3 Å². The van der Waals surface area contributed by atoms with Gasteiger partial charge in [-0.1, -0.05) is 69.0 Å². The first-order valence-electron chi connectivity index (χ1n) is 15.6. The third-order valence-corrected chi connectivity index (χ3v) is 8.66. The lowest BCUT2D eigenvalue weighted by molar-refractivity contribution is -0.139. The molecule has 2 heterocycles. The van der Waals surface area contributed by atoms with Gasteiger partial charge in [-0.2, -0.15) is 13.2 Å². The van der Waals surface area contributed by atoms with Crippen LogP contribution >= 0.6 is 11.3 Å². The smallest absolute Gasteiger partial charge is 0.425 e. The Morgan fingerprint density at radius 2 is 1.55 bits per heavy atom. The van der Waals surface area contributed by atoms with Crippen molar-refractivity contribution in [3.05, 3.63) is 88.4 Å². The van der Waals surface area contributed by atoms with Crippen molar-refractivity contribution in [1.29, 1.82) is 0 Å². The number of thiophene rings is 1. The monoisotopic (exact) mass is 668 g/mol. The molecule has 3 N–H and O–H groups in total. The second kappa shape index (κ2) is 17.0. The summed E-state index contributed by atoms with van der Waals surface area (Å²) in [6.07, 6.45) is 5.23. The molecule has 0 aliphatic heterocycles. The van der Waals surface area contributed by atoms with Crippen molar-refractivity contribution in [3.8, 4) is 28.3 Å². The number of rotatable bonds is 17. The largest absolute Gasteiger partial charge is 0.494 e. The number of unbranched alkanes of at least 4 members (excludes halogenated alkanes) is 4. The predicted molar refractivity (Wildman–Crippen MR) is 177 cm³/mol. The zero-order valence-corrected chi connectivity index (χ0v) is 27.2. The Morgan fingerprint density at radius 3 is 2.17 bits per heavy atom. The second-order valence-corrected chi connectivity index (χ2v) is 12.4. The number of carboxylic acid groups (broad SMARTS) is 1. The van der Waals surface area contributed by atoms with Crippen molar-refractivity contribution in [2.24, 2.45) is 0 Å². The lowest BCUT2D eigenvalue weighted by atomic mass is 10.0. The van der Waals surface area contributed by atoms with Crippen LogP contribution in [-0.2, 0) is 17.4 Å². The molecule has 0 radical (unpaired) electrons. The summed E-state index contributed by atoms with van der Waals surface area (Å²) in [5.74, 6) is -0.361. The van der Waals surface area contributed by atoms with Crippen molar-refractivity contribution >= 4 is 23.2 Å². The highest BCUT2D eigenvalue weighted by molar-refractivity contribution is 7.14. The maximum atomic E-state index is 13.0. The van der Waals surface area contributed by atoms with Crippen molar-refractivity contribution < 1.29 is 32.6 Å². The van der Waals surface area contributed by atoms with E-state index in [1.54, 1.807) is 12.4 Å². The van der Waals surface area contributed by atoms with Gasteiger partial charge in [0.1, 0.15) is 16.7 Å². The summed E-state index contributed by atoms with van der Waals surface area (Å²) >= 11 is 0.359. The van der Waals surface area contributed by atoms with Gasteiger partial charge in [0.05, 0.1) is 11.5 Å². The number of carbonyl (C=O) groups is 2. The van der Waals surface area contributed by atoms with Crippen LogP contribution in [0.1, 0.15) is 66.1 Å². The first-order valence-corrected chi connectivity index (χ1v) is 16.4. The molecular formula is C35H39F3N4O4S. The highest BCUT2D eigenvalue weighted by Gasteiger charge is 2.33. The van der Waals surface area contributed by atoms with Gasteiger partial charge in [0, 0.05) is 36.1 Å². The quantitative estimate of drug-likeness (QED) is 0.0992.